The van der Waals surface area contributed by atoms with E-state index < -0.39 is 0 Å². The van der Waals surface area contributed by atoms with Crippen LogP contribution in [0.15, 0.2) is 47.4 Å². The van der Waals surface area contributed by atoms with Crippen molar-refractivity contribution in [2.45, 2.75) is 12.5 Å². The van der Waals surface area contributed by atoms with Gasteiger partial charge >= 0.3 is 5.69 Å². The van der Waals surface area contributed by atoms with E-state index in [2.05, 4.69) is 39.0 Å². The molecule has 1 atom stereocenters. The van der Waals surface area contributed by atoms with E-state index in [0.29, 0.717) is 29.8 Å². The lowest BCUT2D eigenvalue weighted by molar-refractivity contribution is 0.0547. The zero-order valence-electron chi connectivity index (χ0n) is 14.6. The van der Waals surface area contributed by atoms with E-state index in [9.17, 15) is 9.59 Å². The maximum Gasteiger partial charge on any atom is 0.325 e. The number of aromatic amines is 2. The van der Waals surface area contributed by atoms with Crippen molar-refractivity contribution in [2.75, 3.05) is 26.7 Å². The standard InChI is InChI=1S/C19H21N5O2/c1-23-7-8-24(12-15(23)9-13-5-3-2-4-6-13)18(25)14-10-16-17(20-11-14)22-19(26)21-16/h2-6,10-11,15H,7-9,12H2,1H3,(H2,20,21,22,26)/t15-/m1/s1. The molecule has 0 bridgehead atoms. The highest BCUT2D eigenvalue weighted by atomic mass is 16.2. The maximum absolute atomic E-state index is 12.9. The van der Waals surface area contributed by atoms with Crippen molar-refractivity contribution in [2.24, 2.45) is 0 Å². The molecule has 3 aromatic rings. The second-order valence-electron chi connectivity index (χ2n) is 6.77. The molecule has 3 heterocycles. The van der Waals surface area contributed by atoms with Crippen LogP contribution in [0.4, 0.5) is 0 Å². The quantitative estimate of drug-likeness (QED) is 0.744. The van der Waals surface area contributed by atoms with Crippen molar-refractivity contribution < 1.29 is 4.79 Å². The number of H-pyrrole nitrogens is 2. The number of aromatic nitrogens is 3. The number of hydrogen-bond acceptors (Lipinski definition) is 4. The molecule has 2 N–H and O–H groups in total. The van der Waals surface area contributed by atoms with Gasteiger partial charge in [0.05, 0.1) is 11.1 Å². The largest absolute Gasteiger partial charge is 0.336 e. The minimum atomic E-state index is -0.320. The van der Waals surface area contributed by atoms with Gasteiger partial charge in [-0.3, -0.25) is 14.7 Å². The van der Waals surface area contributed by atoms with Crippen LogP contribution in [0.1, 0.15) is 15.9 Å². The van der Waals surface area contributed by atoms with Crippen molar-refractivity contribution >= 4 is 17.1 Å². The zero-order chi connectivity index (χ0) is 18.1. The predicted octanol–water partition coefficient (Wildman–Crippen LogP) is 1.25. The molecule has 7 heteroatoms. The van der Waals surface area contributed by atoms with E-state index in [-0.39, 0.29) is 17.6 Å². The van der Waals surface area contributed by atoms with E-state index >= 15 is 0 Å². The molecule has 1 saturated heterocycles. The Morgan fingerprint density at radius 2 is 2.04 bits per heavy atom. The summed E-state index contributed by atoms with van der Waals surface area (Å²) >= 11 is 0. The molecule has 1 fully saturated rings. The van der Waals surface area contributed by atoms with Crippen molar-refractivity contribution in [1.82, 2.24) is 24.8 Å². The van der Waals surface area contributed by atoms with Crippen LogP contribution in [0, 0.1) is 0 Å². The average molecular weight is 351 g/mol. The monoisotopic (exact) mass is 351 g/mol. The highest BCUT2D eigenvalue weighted by Crippen LogP contribution is 2.17. The zero-order valence-corrected chi connectivity index (χ0v) is 14.6. The Balaban J connectivity index is 1.52. The number of nitrogens with one attached hydrogen (secondary N) is 2. The maximum atomic E-state index is 12.9. The van der Waals surface area contributed by atoms with Gasteiger partial charge < -0.3 is 9.88 Å². The van der Waals surface area contributed by atoms with E-state index in [1.807, 2.05) is 23.1 Å². The molecule has 0 unspecified atom stereocenters. The summed E-state index contributed by atoms with van der Waals surface area (Å²) in [5, 5.41) is 0. The number of rotatable bonds is 3. The fourth-order valence-corrected chi connectivity index (χ4v) is 3.46. The molecule has 26 heavy (non-hydrogen) atoms. The van der Waals surface area contributed by atoms with Gasteiger partial charge in [-0.05, 0) is 25.1 Å². The molecule has 7 nitrogen and oxygen atoms in total. The van der Waals surface area contributed by atoms with Crippen molar-refractivity contribution in [1.29, 1.82) is 0 Å². The molecule has 0 radical (unpaired) electrons. The predicted molar refractivity (Wildman–Crippen MR) is 99.2 cm³/mol. The van der Waals surface area contributed by atoms with E-state index in [1.165, 1.54) is 11.8 Å². The molecule has 4 rings (SSSR count). The highest BCUT2D eigenvalue weighted by Gasteiger charge is 2.28. The number of carbonyl (C=O) groups is 1. The molecule has 1 aliphatic rings. The van der Waals surface area contributed by atoms with Crippen LogP contribution in [-0.4, -0.2) is 63.4 Å². The molecular formula is C19H21N5O2. The van der Waals surface area contributed by atoms with Crippen LogP contribution < -0.4 is 5.69 Å². The lowest BCUT2D eigenvalue weighted by atomic mass is 10.0. The number of amides is 1. The van der Waals surface area contributed by atoms with Crippen LogP contribution in [0.2, 0.25) is 0 Å². The first-order valence-electron chi connectivity index (χ1n) is 8.71. The summed E-state index contributed by atoms with van der Waals surface area (Å²) in [5.41, 5.74) is 2.46. The Hall–Kier alpha value is -2.93. The topological polar surface area (TPSA) is 85.1 Å². The molecule has 1 amide bonds. The normalized spacial score (nSPS) is 18.3. The molecule has 1 aromatic carbocycles. The van der Waals surface area contributed by atoms with E-state index in [4.69, 9.17) is 0 Å². The Labute approximate surface area is 150 Å². The van der Waals surface area contributed by atoms with Crippen molar-refractivity contribution in [3.63, 3.8) is 0 Å². The van der Waals surface area contributed by atoms with Gasteiger partial charge in [0.25, 0.3) is 5.91 Å². The number of pyridine rings is 1. The fraction of sp³-hybridized carbons (Fsp3) is 0.316. The molecule has 0 saturated carbocycles. The number of likely N-dealkylation sites (N-methyl/N-ethyl adjacent to an activating group) is 1. The van der Waals surface area contributed by atoms with E-state index in [1.54, 1.807) is 6.07 Å². The lowest BCUT2D eigenvalue weighted by Gasteiger charge is -2.39. The van der Waals surface area contributed by atoms with Crippen LogP contribution in [-0.2, 0) is 6.42 Å². The highest BCUT2D eigenvalue weighted by molar-refractivity contribution is 5.96. The second-order valence-corrected chi connectivity index (χ2v) is 6.77. The van der Waals surface area contributed by atoms with Gasteiger partial charge in [-0.1, -0.05) is 30.3 Å². The smallest absolute Gasteiger partial charge is 0.325 e. The van der Waals surface area contributed by atoms with E-state index in [0.717, 1.165) is 13.0 Å². The molecule has 0 aliphatic carbocycles. The number of benzene rings is 1. The van der Waals surface area contributed by atoms with Crippen molar-refractivity contribution in [3.05, 3.63) is 64.2 Å². The molecule has 1 aliphatic heterocycles. The Bertz CT molecular complexity index is 978. The first-order valence-corrected chi connectivity index (χ1v) is 8.71. The minimum Gasteiger partial charge on any atom is -0.336 e. The van der Waals surface area contributed by atoms with Crippen LogP contribution >= 0.6 is 0 Å². The Kier molecular flexibility index (Phi) is 4.30. The van der Waals surface area contributed by atoms with Gasteiger partial charge in [0.1, 0.15) is 0 Å². The number of hydrogen-bond donors (Lipinski definition) is 2. The SMILES string of the molecule is CN1CCN(C(=O)c2cnc3[nH]c(=O)[nH]c3c2)C[C@H]1Cc1ccccc1. The Morgan fingerprint density at radius 1 is 1.23 bits per heavy atom. The first kappa shape index (κ1) is 16.5. The van der Waals surface area contributed by atoms with Gasteiger partial charge in [0, 0.05) is 31.9 Å². The van der Waals surface area contributed by atoms with Crippen LogP contribution in [0.5, 0.6) is 0 Å². The summed E-state index contributed by atoms with van der Waals surface area (Å²) in [6.45, 7) is 2.19. The number of imidazole rings is 1. The van der Waals surface area contributed by atoms with Crippen LogP contribution in [0.25, 0.3) is 11.2 Å². The summed E-state index contributed by atoms with van der Waals surface area (Å²) in [4.78, 5) is 37.9. The average Bonchev–Trinajstić information content (AvgIpc) is 3.03. The van der Waals surface area contributed by atoms with Gasteiger partial charge in [0.2, 0.25) is 0 Å². The summed E-state index contributed by atoms with van der Waals surface area (Å²) in [7, 11) is 2.10. The Morgan fingerprint density at radius 3 is 2.85 bits per heavy atom. The first-order chi connectivity index (χ1) is 12.6. The van der Waals surface area contributed by atoms with Gasteiger partial charge in [-0.25, -0.2) is 9.78 Å². The third kappa shape index (κ3) is 3.25. The van der Waals surface area contributed by atoms with Gasteiger partial charge in [-0.15, -0.1) is 0 Å². The summed E-state index contributed by atoms with van der Waals surface area (Å²) in [6.07, 6.45) is 2.43. The molecule has 2 aromatic heterocycles. The summed E-state index contributed by atoms with van der Waals surface area (Å²) in [6, 6.07) is 12.3. The minimum absolute atomic E-state index is 0.0485. The number of carbonyl (C=O) groups excluding carboxylic acids is 1. The third-order valence-corrected chi connectivity index (χ3v) is 4.99. The molecule has 0 spiro atoms. The third-order valence-electron chi connectivity index (χ3n) is 4.99. The number of piperazine rings is 1. The summed E-state index contributed by atoms with van der Waals surface area (Å²) < 4.78 is 0. The van der Waals surface area contributed by atoms with Crippen LogP contribution in [0.3, 0.4) is 0 Å². The van der Waals surface area contributed by atoms with Crippen molar-refractivity contribution in [3.8, 4) is 0 Å². The van der Waals surface area contributed by atoms with Gasteiger partial charge in [-0.2, -0.15) is 0 Å². The van der Waals surface area contributed by atoms with Gasteiger partial charge in [0.15, 0.2) is 5.65 Å². The molecular weight excluding hydrogens is 330 g/mol. The summed E-state index contributed by atoms with van der Waals surface area (Å²) in [5.74, 6) is -0.0485. The second kappa shape index (κ2) is 6.76. The molecule has 134 valence electrons. The number of fused-ring (bicyclic) bond motifs is 1. The lowest BCUT2D eigenvalue weighted by Crippen LogP contribution is -2.54. The fourth-order valence-electron chi connectivity index (χ4n) is 3.46. The number of nitrogens with zero attached hydrogens (tertiary/aromatic N) is 3.